The van der Waals surface area contributed by atoms with Crippen molar-refractivity contribution in [2.45, 2.75) is 57.7 Å². The molecule has 0 saturated heterocycles. The summed E-state index contributed by atoms with van der Waals surface area (Å²) < 4.78 is 0. The van der Waals surface area contributed by atoms with E-state index < -0.39 is 11.7 Å². The third-order valence-corrected chi connectivity index (χ3v) is 7.30. The van der Waals surface area contributed by atoms with E-state index >= 15 is 0 Å². The molecule has 1 aliphatic heterocycles. The first-order valence-electron chi connectivity index (χ1n) is 13.5. The summed E-state index contributed by atoms with van der Waals surface area (Å²) in [6.45, 7) is 3.16. The van der Waals surface area contributed by atoms with Gasteiger partial charge in [0.25, 0.3) is 5.91 Å². The van der Waals surface area contributed by atoms with Gasteiger partial charge in [0.2, 0.25) is 5.66 Å². The molecule has 5 rings (SSSR count). The number of benzodiazepines with no additional fused rings is 1. The lowest BCUT2D eigenvalue weighted by Crippen LogP contribution is -2.63. The van der Waals surface area contributed by atoms with Crippen LogP contribution in [0, 0.1) is 5.92 Å². The molecule has 38 heavy (non-hydrogen) atoms. The van der Waals surface area contributed by atoms with Gasteiger partial charge in [-0.05, 0) is 43.0 Å². The van der Waals surface area contributed by atoms with Crippen molar-refractivity contribution in [3.63, 3.8) is 0 Å². The second-order valence-corrected chi connectivity index (χ2v) is 9.95. The Morgan fingerprint density at radius 3 is 2.76 bits per heavy atom. The van der Waals surface area contributed by atoms with Crippen LogP contribution in [0.4, 0.5) is 22.1 Å². The molecule has 0 bridgehead atoms. The number of imidazole rings is 1. The molecule has 1 fully saturated rings. The highest BCUT2D eigenvalue weighted by Crippen LogP contribution is 2.38. The van der Waals surface area contributed by atoms with Crippen molar-refractivity contribution < 1.29 is 9.59 Å². The number of urea groups is 1. The molecule has 2 aliphatic rings. The molecule has 1 aliphatic carbocycles. The predicted octanol–water partition coefficient (Wildman–Crippen LogP) is 5.30. The van der Waals surface area contributed by atoms with E-state index in [9.17, 15) is 9.59 Å². The van der Waals surface area contributed by atoms with Crippen molar-refractivity contribution in [1.82, 2.24) is 15.3 Å². The summed E-state index contributed by atoms with van der Waals surface area (Å²) in [5, 5.41) is 9.23. The van der Waals surface area contributed by atoms with Gasteiger partial charge in [-0.15, -0.1) is 0 Å². The second kappa shape index (κ2) is 11.5. The Balaban J connectivity index is 1.40. The van der Waals surface area contributed by atoms with E-state index in [1.165, 1.54) is 0 Å². The van der Waals surface area contributed by atoms with Gasteiger partial charge in [0, 0.05) is 48.9 Å². The Morgan fingerprint density at radius 1 is 1.13 bits per heavy atom. The Morgan fingerprint density at radius 2 is 1.97 bits per heavy atom. The Labute approximate surface area is 223 Å². The maximum Gasteiger partial charge on any atom is 0.321 e. The first-order valence-corrected chi connectivity index (χ1v) is 13.5. The van der Waals surface area contributed by atoms with Crippen molar-refractivity contribution in [2.24, 2.45) is 10.9 Å². The van der Waals surface area contributed by atoms with Crippen LogP contribution in [-0.2, 0) is 11.3 Å². The normalized spacial score (nSPS) is 19.5. The van der Waals surface area contributed by atoms with E-state index in [4.69, 9.17) is 4.99 Å². The summed E-state index contributed by atoms with van der Waals surface area (Å²) in [6.07, 6.45) is 10.8. The Kier molecular flexibility index (Phi) is 7.72. The molecule has 4 N–H and O–H groups in total. The Bertz CT molecular complexity index is 1280. The van der Waals surface area contributed by atoms with Crippen LogP contribution in [0.15, 0.2) is 65.9 Å². The van der Waals surface area contributed by atoms with E-state index in [-0.39, 0.29) is 11.8 Å². The molecule has 0 spiro atoms. The molecule has 2 aromatic carbocycles. The van der Waals surface area contributed by atoms with Gasteiger partial charge in [-0.25, -0.2) is 9.78 Å². The number of benzene rings is 2. The zero-order chi connectivity index (χ0) is 26.4. The number of aromatic nitrogens is 2. The third-order valence-electron chi connectivity index (χ3n) is 7.30. The van der Waals surface area contributed by atoms with Crippen LogP contribution in [-0.4, -0.2) is 40.3 Å². The molecule has 9 heteroatoms. The average molecular weight is 514 g/mol. The molecular formula is C29H35N7O2. The van der Waals surface area contributed by atoms with Gasteiger partial charge in [-0.3, -0.25) is 9.79 Å². The number of nitrogens with zero attached hydrogens (tertiary/aromatic N) is 3. The van der Waals surface area contributed by atoms with Crippen molar-refractivity contribution in [1.29, 1.82) is 0 Å². The molecule has 3 aromatic rings. The minimum atomic E-state index is -1.36. The van der Waals surface area contributed by atoms with Gasteiger partial charge in [0.15, 0.2) is 5.95 Å². The van der Waals surface area contributed by atoms with Gasteiger partial charge >= 0.3 is 6.03 Å². The van der Waals surface area contributed by atoms with Gasteiger partial charge in [0.1, 0.15) is 0 Å². The summed E-state index contributed by atoms with van der Waals surface area (Å²) in [5.74, 6) is 0.431. The highest BCUT2D eigenvalue weighted by atomic mass is 16.2. The molecule has 1 unspecified atom stereocenters. The molecule has 0 radical (unpaired) electrons. The SMILES string of the molecule is CCCN1C(=O)C(NC(=O)Nc2cccc(CNc3ncc[nH]3)c2)(C2CCCCC2)N=Cc2ccccc21. The maximum absolute atomic E-state index is 14.3. The lowest BCUT2D eigenvalue weighted by Gasteiger charge is -2.40. The lowest BCUT2D eigenvalue weighted by atomic mass is 9.79. The first-order chi connectivity index (χ1) is 18.6. The first kappa shape index (κ1) is 25.5. The quantitative estimate of drug-likeness (QED) is 0.327. The number of H-pyrrole nitrogens is 1. The van der Waals surface area contributed by atoms with E-state index in [1.54, 1.807) is 23.5 Å². The Hall–Kier alpha value is -4.14. The monoisotopic (exact) mass is 513 g/mol. The molecule has 3 amide bonds. The number of rotatable bonds is 8. The van der Waals surface area contributed by atoms with Crippen LogP contribution in [0.2, 0.25) is 0 Å². The number of hydrogen-bond acceptors (Lipinski definition) is 5. The number of hydrogen-bond donors (Lipinski definition) is 4. The smallest absolute Gasteiger partial charge is 0.321 e. The summed E-state index contributed by atoms with van der Waals surface area (Å²) in [5.41, 5.74) is 1.97. The fourth-order valence-corrected chi connectivity index (χ4v) is 5.46. The molecule has 1 atom stereocenters. The van der Waals surface area contributed by atoms with Crippen LogP contribution in [0.1, 0.15) is 56.6 Å². The number of amides is 3. The predicted molar refractivity (Wildman–Crippen MR) is 150 cm³/mol. The van der Waals surface area contributed by atoms with E-state index in [0.29, 0.717) is 24.7 Å². The van der Waals surface area contributed by atoms with Crippen LogP contribution in [0.3, 0.4) is 0 Å². The number of para-hydroxylation sites is 1. The zero-order valence-corrected chi connectivity index (χ0v) is 21.7. The van der Waals surface area contributed by atoms with Crippen LogP contribution in [0.25, 0.3) is 0 Å². The molecule has 1 aromatic heterocycles. The third kappa shape index (κ3) is 5.41. The van der Waals surface area contributed by atoms with Crippen LogP contribution in [0.5, 0.6) is 0 Å². The van der Waals surface area contributed by atoms with Crippen molar-refractivity contribution >= 4 is 35.5 Å². The number of nitrogens with one attached hydrogen (secondary N) is 4. The minimum absolute atomic E-state index is 0.0803. The maximum atomic E-state index is 14.3. The number of aromatic amines is 1. The fourth-order valence-electron chi connectivity index (χ4n) is 5.46. The van der Waals surface area contributed by atoms with E-state index in [2.05, 4.69) is 32.8 Å². The van der Waals surface area contributed by atoms with Crippen molar-refractivity contribution in [3.8, 4) is 0 Å². The molecule has 2 heterocycles. The number of aliphatic imine (C=N–C) groups is 1. The summed E-state index contributed by atoms with van der Waals surface area (Å²) in [6, 6.07) is 15.0. The standard InChI is InChI=1S/C29H35N7O2/c1-2-17-36-25-14-7-6-10-22(25)20-33-29(26(36)37,23-11-4-3-5-12-23)35-28(38)34-24-13-8-9-21(18-24)19-32-27-30-15-16-31-27/h6-10,13-16,18,20,23H,2-5,11-12,17,19H2,1H3,(H2,30,31,32)(H2,34,35,38). The van der Waals surface area contributed by atoms with Crippen molar-refractivity contribution in [3.05, 3.63) is 72.1 Å². The summed E-state index contributed by atoms with van der Waals surface area (Å²) in [7, 11) is 0. The number of anilines is 3. The molecule has 1 saturated carbocycles. The summed E-state index contributed by atoms with van der Waals surface area (Å²) >= 11 is 0. The van der Waals surface area contributed by atoms with Crippen LogP contribution >= 0.6 is 0 Å². The zero-order valence-electron chi connectivity index (χ0n) is 21.7. The van der Waals surface area contributed by atoms with Gasteiger partial charge in [0.05, 0.1) is 5.69 Å². The number of carbonyl (C=O) groups excluding carboxylic acids is 2. The second-order valence-electron chi connectivity index (χ2n) is 9.95. The largest absolute Gasteiger partial charge is 0.352 e. The van der Waals surface area contributed by atoms with Crippen molar-refractivity contribution in [2.75, 3.05) is 22.1 Å². The highest BCUT2D eigenvalue weighted by molar-refractivity contribution is 6.09. The van der Waals surface area contributed by atoms with Crippen LogP contribution < -0.4 is 20.9 Å². The van der Waals surface area contributed by atoms with E-state index in [0.717, 1.165) is 55.3 Å². The molecule has 9 nitrogen and oxygen atoms in total. The van der Waals surface area contributed by atoms with Gasteiger partial charge in [-0.2, -0.15) is 0 Å². The van der Waals surface area contributed by atoms with Gasteiger partial charge in [-0.1, -0.05) is 56.5 Å². The molecule has 198 valence electrons. The number of fused-ring (bicyclic) bond motifs is 1. The molecular weight excluding hydrogens is 478 g/mol. The fraction of sp³-hybridized carbons (Fsp3) is 0.379. The average Bonchev–Trinajstić information content (AvgIpc) is 3.44. The lowest BCUT2D eigenvalue weighted by molar-refractivity contribution is -0.127. The topological polar surface area (TPSA) is 115 Å². The minimum Gasteiger partial charge on any atom is -0.352 e. The highest BCUT2D eigenvalue weighted by Gasteiger charge is 2.50. The van der Waals surface area contributed by atoms with Gasteiger partial charge < -0.3 is 25.8 Å². The van der Waals surface area contributed by atoms with E-state index in [1.807, 2.05) is 48.5 Å². The summed E-state index contributed by atoms with van der Waals surface area (Å²) in [4.78, 5) is 41.7. The number of carbonyl (C=O) groups is 2.